The topological polar surface area (TPSA) is 78.9 Å². The van der Waals surface area contributed by atoms with Crippen molar-refractivity contribution >= 4 is 17.5 Å². The Kier molecular flexibility index (Phi) is 5.25. The molecular formula is C29H42O6. The Bertz CT molecular complexity index is 951. The van der Waals surface area contributed by atoms with Crippen molar-refractivity contribution in [2.75, 3.05) is 6.61 Å². The molecule has 2 aliphatic heterocycles. The third-order valence-electron chi connectivity index (χ3n) is 12.0. The Labute approximate surface area is 209 Å². The van der Waals surface area contributed by atoms with Crippen LogP contribution >= 0.6 is 0 Å². The minimum Gasteiger partial charge on any atom is -0.463 e. The van der Waals surface area contributed by atoms with Gasteiger partial charge in [0.15, 0.2) is 5.79 Å². The molecular weight excluding hydrogens is 444 g/mol. The van der Waals surface area contributed by atoms with Gasteiger partial charge in [0.05, 0.1) is 17.6 Å². The first-order chi connectivity index (χ1) is 16.5. The number of carbonyl (C=O) groups excluding carboxylic acids is 3. The summed E-state index contributed by atoms with van der Waals surface area (Å²) in [5.41, 5.74) is -1.53. The van der Waals surface area contributed by atoms with Crippen molar-refractivity contribution < 1.29 is 28.6 Å². The van der Waals surface area contributed by atoms with Gasteiger partial charge in [-0.2, -0.15) is 0 Å². The van der Waals surface area contributed by atoms with Crippen LogP contribution in [-0.4, -0.2) is 41.6 Å². The first-order valence-electron chi connectivity index (χ1n) is 14.0. The minimum atomic E-state index is -0.763. The summed E-state index contributed by atoms with van der Waals surface area (Å²) in [6, 6.07) is 0. The molecule has 0 aromatic carbocycles. The van der Waals surface area contributed by atoms with Gasteiger partial charge in [0.1, 0.15) is 17.7 Å². The molecule has 0 amide bonds. The van der Waals surface area contributed by atoms with Gasteiger partial charge in [0.25, 0.3) is 0 Å². The van der Waals surface area contributed by atoms with Crippen LogP contribution in [0.4, 0.5) is 0 Å². The van der Waals surface area contributed by atoms with Crippen LogP contribution in [0, 0.1) is 46.3 Å². The highest BCUT2D eigenvalue weighted by Crippen LogP contribution is 2.73. The maximum atomic E-state index is 14.2. The maximum absolute atomic E-state index is 14.2. The fourth-order valence-corrected chi connectivity index (χ4v) is 10.1. The molecule has 194 valence electrons. The molecule has 6 fully saturated rings. The van der Waals surface area contributed by atoms with E-state index >= 15 is 0 Å². The number of rotatable bonds is 1. The molecule has 2 heterocycles. The molecule has 2 saturated heterocycles. The van der Waals surface area contributed by atoms with E-state index in [1.165, 1.54) is 6.92 Å². The zero-order valence-electron chi connectivity index (χ0n) is 22.1. The molecule has 2 bridgehead atoms. The van der Waals surface area contributed by atoms with Crippen LogP contribution in [0.2, 0.25) is 0 Å². The second kappa shape index (κ2) is 7.63. The summed E-state index contributed by atoms with van der Waals surface area (Å²) in [6.45, 7) is 10.9. The summed E-state index contributed by atoms with van der Waals surface area (Å²) in [4.78, 5) is 39.5. The number of hydrogen-bond acceptors (Lipinski definition) is 6. The van der Waals surface area contributed by atoms with Crippen LogP contribution in [0.1, 0.15) is 92.4 Å². The Morgan fingerprint density at radius 1 is 1.03 bits per heavy atom. The lowest BCUT2D eigenvalue weighted by molar-refractivity contribution is -0.394. The second-order valence-electron chi connectivity index (χ2n) is 13.5. The number of ether oxygens (including phenoxy) is 3. The number of fused-ring (bicyclic) bond motifs is 3. The zero-order chi connectivity index (χ0) is 25.0. The summed E-state index contributed by atoms with van der Waals surface area (Å²) < 4.78 is 19.4. The van der Waals surface area contributed by atoms with E-state index in [0.29, 0.717) is 31.3 Å². The lowest BCUT2D eigenvalue weighted by atomic mass is 9.42. The highest BCUT2D eigenvalue weighted by Gasteiger charge is 2.80. The van der Waals surface area contributed by atoms with Crippen LogP contribution in [0.5, 0.6) is 0 Å². The van der Waals surface area contributed by atoms with Crippen LogP contribution in [0.3, 0.4) is 0 Å². The number of carbonyl (C=O) groups is 3. The third-order valence-corrected chi connectivity index (χ3v) is 12.0. The van der Waals surface area contributed by atoms with Crippen molar-refractivity contribution in [2.45, 2.75) is 110 Å². The molecule has 6 rings (SSSR count). The summed E-state index contributed by atoms with van der Waals surface area (Å²) in [5, 5.41) is 0. The number of esters is 1. The fraction of sp³-hybridized carbons (Fsp3) is 0.897. The predicted molar refractivity (Wildman–Crippen MR) is 128 cm³/mol. The van der Waals surface area contributed by atoms with Gasteiger partial charge in [0, 0.05) is 38.0 Å². The van der Waals surface area contributed by atoms with Gasteiger partial charge < -0.3 is 14.2 Å². The molecule has 6 nitrogen and oxygen atoms in total. The van der Waals surface area contributed by atoms with Crippen molar-refractivity contribution in [3.8, 4) is 0 Å². The van der Waals surface area contributed by atoms with Gasteiger partial charge in [0.2, 0.25) is 0 Å². The van der Waals surface area contributed by atoms with Gasteiger partial charge >= 0.3 is 5.97 Å². The second-order valence-corrected chi connectivity index (χ2v) is 13.5. The number of ketones is 2. The lowest BCUT2D eigenvalue weighted by Crippen LogP contribution is -2.73. The Morgan fingerprint density at radius 3 is 2.49 bits per heavy atom. The smallest absolute Gasteiger partial charge is 0.302 e. The van der Waals surface area contributed by atoms with E-state index in [2.05, 4.69) is 27.7 Å². The summed E-state index contributed by atoms with van der Waals surface area (Å²) >= 11 is 0. The monoisotopic (exact) mass is 486 g/mol. The van der Waals surface area contributed by atoms with E-state index in [0.717, 1.165) is 44.9 Å². The predicted octanol–water partition coefficient (Wildman–Crippen LogP) is 4.87. The van der Waals surface area contributed by atoms with E-state index in [1.54, 1.807) is 0 Å². The molecule has 0 aromatic heterocycles. The molecule has 6 heteroatoms. The average Bonchev–Trinajstić information content (AvgIpc) is 2.97. The number of Topliss-reactive ketones (excluding diaryl/α,β-unsaturated/α-hetero) is 2. The molecule has 0 aromatic rings. The molecule has 0 radical (unpaired) electrons. The minimum absolute atomic E-state index is 0.00599. The molecule has 0 N–H and O–H groups in total. The van der Waals surface area contributed by atoms with Gasteiger partial charge in [-0.25, -0.2) is 0 Å². The maximum Gasteiger partial charge on any atom is 0.302 e. The third kappa shape index (κ3) is 2.99. The molecule has 4 aliphatic carbocycles. The molecule has 35 heavy (non-hydrogen) atoms. The summed E-state index contributed by atoms with van der Waals surface area (Å²) in [5.74, 6) is 0.321. The summed E-state index contributed by atoms with van der Waals surface area (Å²) in [6.07, 6.45) is 7.36. The quantitative estimate of drug-likeness (QED) is 0.492. The van der Waals surface area contributed by atoms with Gasteiger partial charge in [-0.05, 0) is 74.5 Å². The van der Waals surface area contributed by atoms with Crippen LogP contribution in [0.15, 0.2) is 0 Å². The van der Waals surface area contributed by atoms with Crippen LogP contribution in [-0.2, 0) is 28.6 Å². The normalized spacial score (nSPS) is 55.2. The molecule has 0 unspecified atom stereocenters. The van der Waals surface area contributed by atoms with Gasteiger partial charge in [-0.15, -0.1) is 0 Å². The van der Waals surface area contributed by atoms with Crippen LogP contribution in [0.25, 0.3) is 0 Å². The number of hydrogen-bond donors (Lipinski definition) is 0. The van der Waals surface area contributed by atoms with Crippen LogP contribution < -0.4 is 0 Å². The SMILES string of the molecule is CC(=O)O[C@H]1CC[C@@]2(C)[C@@H](CC[C@@H]3[C@@H]2CC(=O)[C@]2(C)[C@@H]4C(=O)C[C@]32O[C@]2(CC[C@@H](C)CO2)[C@@H]4C)C1. The lowest BCUT2D eigenvalue weighted by Gasteiger charge is -2.68. The van der Waals surface area contributed by atoms with E-state index in [9.17, 15) is 14.4 Å². The molecule has 1 spiro atoms. The van der Waals surface area contributed by atoms with E-state index in [4.69, 9.17) is 14.2 Å². The largest absolute Gasteiger partial charge is 0.463 e. The standard InChI is InChI=1S/C29H42O6/c1-16-8-11-29(33-15-16)17(2)25-23(31)14-28(35-29)21-7-6-19-12-20(34-18(3)30)9-10-26(19,4)22(21)13-24(32)27(25,28)5/h16-17,19-22,25H,6-15H2,1-5H3/t16-,17-,19+,20+,21-,22+,25+,26+,27-,28+,29-/m1/s1. The highest BCUT2D eigenvalue weighted by atomic mass is 16.7. The molecule has 6 aliphatic rings. The first kappa shape index (κ1) is 24.1. The zero-order valence-corrected chi connectivity index (χ0v) is 22.1. The Morgan fingerprint density at radius 2 is 1.80 bits per heavy atom. The summed E-state index contributed by atoms with van der Waals surface area (Å²) in [7, 11) is 0. The van der Waals surface area contributed by atoms with Crippen molar-refractivity contribution in [3.05, 3.63) is 0 Å². The molecule has 4 saturated carbocycles. The van der Waals surface area contributed by atoms with Gasteiger partial charge in [-0.3, -0.25) is 14.4 Å². The van der Waals surface area contributed by atoms with Crippen molar-refractivity contribution in [3.63, 3.8) is 0 Å². The van der Waals surface area contributed by atoms with E-state index in [1.807, 2.05) is 0 Å². The van der Waals surface area contributed by atoms with E-state index in [-0.39, 0.29) is 52.7 Å². The fourth-order valence-electron chi connectivity index (χ4n) is 10.1. The van der Waals surface area contributed by atoms with Gasteiger partial charge in [-0.1, -0.05) is 20.8 Å². The Balaban J connectivity index is 1.39. The highest BCUT2D eigenvalue weighted by molar-refractivity contribution is 6.00. The first-order valence-corrected chi connectivity index (χ1v) is 14.0. The Hall–Kier alpha value is -1.27. The van der Waals surface area contributed by atoms with Crippen molar-refractivity contribution in [2.24, 2.45) is 46.3 Å². The average molecular weight is 487 g/mol. The van der Waals surface area contributed by atoms with E-state index < -0.39 is 16.8 Å². The van der Waals surface area contributed by atoms with Crippen molar-refractivity contribution in [1.29, 1.82) is 0 Å². The van der Waals surface area contributed by atoms with Crippen molar-refractivity contribution in [1.82, 2.24) is 0 Å². The molecule has 11 atom stereocenters.